The van der Waals surface area contributed by atoms with E-state index in [9.17, 15) is 0 Å². The molecule has 1 aromatic heterocycles. The molecular formula is C61H41NO. The molecule has 2 heteroatoms. The van der Waals surface area contributed by atoms with Gasteiger partial charge in [-0.3, -0.25) is 0 Å². The zero-order valence-corrected chi connectivity index (χ0v) is 34.5. The standard InChI is InChI=1S/C61H41NO/c1-4-17-42(18-5-1)44-33-36-49(37-34-44)62(50-25-14-21-45(39-50)43-19-6-2-7-20-43)51-26-15-22-46(40-51)52-29-16-30-56-55-38-35-48(41-59(55)63-60(52)56)61(47-23-8-3-9-24-47)57-31-12-10-27-53(57)54-28-11-13-32-58(54)61/h1-41H. The molecule has 10 aromatic carbocycles. The molecule has 0 saturated heterocycles. The number of anilines is 3. The van der Waals surface area contributed by atoms with Crippen LogP contribution < -0.4 is 4.90 Å². The number of hydrogen-bond acceptors (Lipinski definition) is 2. The molecule has 0 spiro atoms. The number of rotatable bonds is 8. The maximum Gasteiger partial charge on any atom is 0.143 e. The van der Waals surface area contributed by atoms with Gasteiger partial charge in [0.2, 0.25) is 0 Å². The summed E-state index contributed by atoms with van der Waals surface area (Å²) in [4.78, 5) is 2.36. The maximum absolute atomic E-state index is 7.07. The van der Waals surface area contributed by atoms with Gasteiger partial charge in [0.1, 0.15) is 11.2 Å². The van der Waals surface area contributed by atoms with E-state index in [2.05, 4.69) is 254 Å². The van der Waals surface area contributed by atoms with Crippen LogP contribution in [0.1, 0.15) is 22.3 Å². The largest absolute Gasteiger partial charge is 0.455 e. The van der Waals surface area contributed by atoms with Crippen LogP contribution in [0.25, 0.3) is 66.4 Å². The number of furan rings is 1. The molecule has 0 saturated carbocycles. The summed E-state index contributed by atoms with van der Waals surface area (Å²) in [5, 5.41) is 2.21. The Morgan fingerprint density at radius 1 is 0.302 bits per heavy atom. The lowest BCUT2D eigenvalue weighted by Gasteiger charge is -2.33. The molecule has 296 valence electrons. The Bertz CT molecular complexity index is 3400. The smallest absolute Gasteiger partial charge is 0.143 e. The molecule has 63 heavy (non-hydrogen) atoms. The molecule has 2 nitrogen and oxygen atoms in total. The van der Waals surface area contributed by atoms with Crippen molar-refractivity contribution in [3.8, 4) is 44.5 Å². The van der Waals surface area contributed by atoms with E-state index in [1.165, 1.54) is 55.6 Å². The fourth-order valence-corrected chi connectivity index (χ4v) is 10.1. The van der Waals surface area contributed by atoms with Gasteiger partial charge in [0.15, 0.2) is 0 Å². The topological polar surface area (TPSA) is 16.4 Å². The molecule has 0 bridgehead atoms. The summed E-state index contributed by atoms with van der Waals surface area (Å²) in [5.74, 6) is 0. The van der Waals surface area contributed by atoms with Crippen molar-refractivity contribution in [2.24, 2.45) is 0 Å². The van der Waals surface area contributed by atoms with Gasteiger partial charge < -0.3 is 9.32 Å². The zero-order valence-electron chi connectivity index (χ0n) is 34.5. The highest BCUT2D eigenvalue weighted by Crippen LogP contribution is 2.56. The fourth-order valence-electron chi connectivity index (χ4n) is 10.1. The normalized spacial score (nSPS) is 12.6. The van der Waals surface area contributed by atoms with Crippen LogP contribution >= 0.6 is 0 Å². The van der Waals surface area contributed by atoms with Gasteiger partial charge >= 0.3 is 0 Å². The van der Waals surface area contributed by atoms with Crippen molar-refractivity contribution >= 4 is 39.0 Å². The SMILES string of the molecule is c1ccc(-c2ccc(N(c3cccc(-c4ccccc4)c3)c3cccc(-c4cccc5c4oc4cc(C6(c7ccccc7)c7ccccc7-c7ccccc76)ccc45)c3)cc2)cc1. The average molecular weight is 804 g/mol. The van der Waals surface area contributed by atoms with Gasteiger partial charge in [-0.05, 0) is 104 Å². The van der Waals surface area contributed by atoms with Crippen LogP contribution in [0.3, 0.4) is 0 Å². The third-order valence-electron chi connectivity index (χ3n) is 13.0. The molecular weight excluding hydrogens is 763 g/mol. The molecule has 1 aliphatic rings. The van der Waals surface area contributed by atoms with Gasteiger partial charge in [0.25, 0.3) is 0 Å². The summed E-state index contributed by atoms with van der Waals surface area (Å²) < 4.78 is 7.07. The highest BCUT2D eigenvalue weighted by atomic mass is 16.3. The lowest BCUT2D eigenvalue weighted by Crippen LogP contribution is -2.28. The van der Waals surface area contributed by atoms with Crippen molar-refractivity contribution < 1.29 is 4.42 Å². The molecule has 12 rings (SSSR count). The molecule has 1 heterocycles. The van der Waals surface area contributed by atoms with Crippen molar-refractivity contribution in [3.63, 3.8) is 0 Å². The van der Waals surface area contributed by atoms with Crippen LogP contribution in [0.15, 0.2) is 253 Å². The lowest BCUT2D eigenvalue weighted by molar-refractivity contribution is 0.666. The van der Waals surface area contributed by atoms with Crippen LogP contribution in [0, 0.1) is 0 Å². The van der Waals surface area contributed by atoms with Gasteiger partial charge in [0, 0.05) is 33.4 Å². The van der Waals surface area contributed by atoms with Crippen LogP contribution in [0.2, 0.25) is 0 Å². The third kappa shape index (κ3) is 6.02. The Labute approximate surface area is 367 Å². The molecule has 0 unspecified atom stereocenters. The van der Waals surface area contributed by atoms with Gasteiger partial charge in [0.05, 0.1) is 5.41 Å². The fraction of sp³-hybridized carbons (Fsp3) is 0.0164. The molecule has 1 aliphatic carbocycles. The van der Waals surface area contributed by atoms with Crippen LogP contribution in [0.4, 0.5) is 17.1 Å². The van der Waals surface area contributed by atoms with Crippen molar-refractivity contribution in [1.29, 1.82) is 0 Å². The minimum absolute atomic E-state index is 0.501. The van der Waals surface area contributed by atoms with Gasteiger partial charge in [-0.15, -0.1) is 0 Å². The second-order valence-corrected chi connectivity index (χ2v) is 16.4. The quantitative estimate of drug-likeness (QED) is 0.152. The molecule has 11 aromatic rings. The monoisotopic (exact) mass is 803 g/mol. The lowest BCUT2D eigenvalue weighted by atomic mass is 9.67. The van der Waals surface area contributed by atoms with E-state index in [0.717, 1.165) is 50.1 Å². The second-order valence-electron chi connectivity index (χ2n) is 16.4. The predicted octanol–water partition coefficient (Wildman–Crippen LogP) is 16.4. The number of benzene rings is 10. The van der Waals surface area contributed by atoms with Crippen LogP contribution in [-0.2, 0) is 5.41 Å². The first-order chi connectivity index (χ1) is 31.2. The number of hydrogen-bond donors (Lipinski definition) is 0. The maximum atomic E-state index is 7.07. The van der Waals surface area contributed by atoms with E-state index in [1.807, 2.05) is 0 Å². The summed E-state index contributed by atoms with van der Waals surface area (Å²) in [6, 6.07) is 89.9. The van der Waals surface area contributed by atoms with Crippen molar-refractivity contribution in [2.45, 2.75) is 5.41 Å². The number of para-hydroxylation sites is 1. The summed E-state index contributed by atoms with van der Waals surface area (Å²) in [6.45, 7) is 0. The van der Waals surface area contributed by atoms with E-state index in [1.54, 1.807) is 0 Å². The van der Waals surface area contributed by atoms with E-state index in [0.29, 0.717) is 0 Å². The van der Waals surface area contributed by atoms with Crippen LogP contribution in [-0.4, -0.2) is 0 Å². The minimum atomic E-state index is -0.501. The first-order valence-electron chi connectivity index (χ1n) is 21.7. The first kappa shape index (κ1) is 36.6. The van der Waals surface area contributed by atoms with Gasteiger partial charge in [-0.2, -0.15) is 0 Å². The van der Waals surface area contributed by atoms with E-state index in [4.69, 9.17) is 4.42 Å². The number of fused-ring (bicyclic) bond motifs is 6. The van der Waals surface area contributed by atoms with Gasteiger partial charge in [-0.25, -0.2) is 0 Å². The Kier molecular flexibility index (Phi) is 8.76. The van der Waals surface area contributed by atoms with Gasteiger partial charge in [-0.1, -0.05) is 206 Å². The molecule has 0 aliphatic heterocycles. The predicted molar refractivity (Wildman–Crippen MR) is 262 cm³/mol. The highest BCUT2D eigenvalue weighted by Gasteiger charge is 2.46. The van der Waals surface area contributed by atoms with Crippen molar-refractivity contribution in [2.75, 3.05) is 4.90 Å². The Balaban J connectivity index is 0.999. The summed E-state index contributed by atoms with van der Waals surface area (Å²) in [7, 11) is 0. The molecule has 0 N–H and O–H groups in total. The minimum Gasteiger partial charge on any atom is -0.455 e. The Morgan fingerprint density at radius 2 is 0.810 bits per heavy atom. The Hall–Kier alpha value is -8.20. The number of nitrogens with zero attached hydrogens (tertiary/aromatic N) is 1. The van der Waals surface area contributed by atoms with Crippen molar-refractivity contribution in [3.05, 3.63) is 271 Å². The molecule has 0 atom stereocenters. The molecule has 0 amide bonds. The summed E-state index contributed by atoms with van der Waals surface area (Å²) in [6.07, 6.45) is 0. The first-order valence-corrected chi connectivity index (χ1v) is 21.7. The second kappa shape index (κ2) is 15.1. The molecule has 0 radical (unpaired) electrons. The summed E-state index contributed by atoms with van der Waals surface area (Å²) >= 11 is 0. The summed E-state index contributed by atoms with van der Waals surface area (Å²) in [5.41, 5.74) is 18.9. The van der Waals surface area contributed by atoms with E-state index < -0.39 is 5.41 Å². The average Bonchev–Trinajstić information content (AvgIpc) is 3.89. The van der Waals surface area contributed by atoms with E-state index in [-0.39, 0.29) is 0 Å². The Morgan fingerprint density at radius 3 is 1.48 bits per heavy atom. The van der Waals surface area contributed by atoms with Crippen LogP contribution in [0.5, 0.6) is 0 Å². The highest BCUT2D eigenvalue weighted by molar-refractivity contribution is 6.10. The third-order valence-corrected chi connectivity index (χ3v) is 13.0. The van der Waals surface area contributed by atoms with Crippen molar-refractivity contribution in [1.82, 2.24) is 0 Å². The van der Waals surface area contributed by atoms with E-state index >= 15 is 0 Å². The zero-order chi connectivity index (χ0) is 41.7. The molecule has 0 fully saturated rings.